The number of hydrogen-bond acceptors (Lipinski definition) is 4. The Kier molecular flexibility index (Phi) is 10.8. The van der Waals surface area contributed by atoms with Gasteiger partial charge in [-0.15, -0.1) is 0 Å². The maximum absolute atomic E-state index is 9.58. The van der Waals surface area contributed by atoms with Crippen LogP contribution in [0.3, 0.4) is 0 Å². The summed E-state index contributed by atoms with van der Waals surface area (Å²) in [6.07, 6.45) is 2.67. The van der Waals surface area contributed by atoms with Gasteiger partial charge in [0.05, 0.1) is 6.26 Å². The Balaban J connectivity index is 0.00000110. The van der Waals surface area contributed by atoms with Gasteiger partial charge in [-0.2, -0.15) is 8.42 Å². The smallest absolute Gasteiger partial charge is 0.261 e. The van der Waals surface area contributed by atoms with Gasteiger partial charge in [-0.3, -0.25) is 4.55 Å². The first kappa shape index (κ1) is 25.7. The van der Waals surface area contributed by atoms with Gasteiger partial charge in [-0.25, -0.2) is 0 Å². The summed E-state index contributed by atoms with van der Waals surface area (Å²) in [5.74, 6) is 0.225. The number of rotatable bonds is 7. The fraction of sp³-hybridized carbons (Fsp3) is 0.667. The normalized spacial score (nSPS) is 13.7. The van der Waals surface area contributed by atoms with Crippen LogP contribution in [0, 0.1) is 5.92 Å². The van der Waals surface area contributed by atoms with Crippen molar-refractivity contribution in [2.45, 2.75) is 51.7 Å². The van der Waals surface area contributed by atoms with Crippen molar-refractivity contribution in [3.05, 3.63) is 34.3 Å². The Morgan fingerprint density at radius 1 is 1.19 bits per heavy atom. The maximum atomic E-state index is 9.58. The Morgan fingerprint density at radius 3 is 2.04 bits per heavy atom. The van der Waals surface area contributed by atoms with E-state index in [1.807, 2.05) is 0 Å². The molecule has 1 aromatic rings. The quantitative estimate of drug-likeness (QED) is 0.453. The monoisotopic (exact) mass is 468 g/mol. The Morgan fingerprint density at radius 2 is 1.65 bits per heavy atom. The summed E-state index contributed by atoms with van der Waals surface area (Å²) in [5, 5.41) is 9.80. The summed E-state index contributed by atoms with van der Waals surface area (Å²) in [4.78, 5) is 0. The van der Waals surface area contributed by atoms with Crippen molar-refractivity contribution in [2.75, 3.05) is 19.5 Å². The molecule has 1 atom stereocenters. The van der Waals surface area contributed by atoms with Crippen LogP contribution in [-0.4, -0.2) is 45.9 Å². The van der Waals surface area contributed by atoms with Crippen molar-refractivity contribution in [3.63, 3.8) is 0 Å². The highest BCUT2D eigenvalue weighted by Crippen LogP contribution is 2.36. The minimum atomic E-state index is -3.67. The number of aliphatic hydroxyl groups excluding tert-OH is 1. The molecule has 1 rings (SSSR count). The van der Waals surface area contributed by atoms with Crippen molar-refractivity contribution in [1.82, 2.24) is 0 Å². The average Bonchev–Trinajstić information content (AvgIpc) is 2.46. The number of aryl methyl sites for hydroxylation is 1. The average molecular weight is 470 g/mol. The molecule has 0 aromatic heterocycles. The molecule has 2 N–H and O–H groups in total. The minimum absolute atomic E-state index is 0.200. The molecule has 8 heteroatoms. The van der Waals surface area contributed by atoms with Crippen LogP contribution < -0.4 is 0 Å². The summed E-state index contributed by atoms with van der Waals surface area (Å²) in [6.45, 7) is 12.1. The molecule has 1 unspecified atom stereocenters. The van der Waals surface area contributed by atoms with Gasteiger partial charge in [0.2, 0.25) is 0 Å². The van der Waals surface area contributed by atoms with Crippen molar-refractivity contribution >= 4 is 34.4 Å². The molecule has 0 fully saturated rings. The molecule has 0 heterocycles. The lowest BCUT2D eigenvalue weighted by molar-refractivity contribution is 0.147. The molecule has 0 bridgehead atoms. The third-order valence-corrected chi connectivity index (χ3v) is 9.53. The zero-order valence-corrected chi connectivity index (χ0v) is 20.0. The molecule has 0 aliphatic rings. The van der Waals surface area contributed by atoms with Crippen molar-refractivity contribution in [1.29, 1.82) is 0 Å². The molecule has 0 saturated heterocycles. The fourth-order valence-electron chi connectivity index (χ4n) is 1.79. The van der Waals surface area contributed by atoms with Crippen molar-refractivity contribution in [2.24, 2.45) is 5.92 Å². The molecule has 26 heavy (non-hydrogen) atoms. The van der Waals surface area contributed by atoms with E-state index in [2.05, 4.69) is 74.1 Å². The third-order valence-electron chi connectivity index (χ3n) is 4.50. The van der Waals surface area contributed by atoms with Crippen molar-refractivity contribution < 1.29 is 22.5 Å². The lowest BCUT2D eigenvalue weighted by Gasteiger charge is -2.37. The lowest BCUT2D eigenvalue weighted by atomic mass is 10.0. The van der Waals surface area contributed by atoms with Crippen LogP contribution in [0.4, 0.5) is 0 Å². The number of aliphatic hydroxyl groups is 1. The van der Waals surface area contributed by atoms with E-state index in [-0.39, 0.29) is 17.6 Å². The van der Waals surface area contributed by atoms with Gasteiger partial charge < -0.3 is 9.53 Å². The van der Waals surface area contributed by atoms with Crippen LogP contribution in [0.2, 0.25) is 18.1 Å². The van der Waals surface area contributed by atoms with Crippen LogP contribution in [0.25, 0.3) is 0 Å². The second kappa shape index (κ2) is 10.9. The van der Waals surface area contributed by atoms with Crippen LogP contribution in [0.1, 0.15) is 32.8 Å². The van der Waals surface area contributed by atoms with Crippen molar-refractivity contribution in [3.8, 4) is 0 Å². The SMILES string of the molecule is CC(C)(C)[Si](C)(C)OCC(CO)CCc1ccc(Br)cc1.CS(=O)(=O)O. The molecule has 0 radical (unpaired) electrons. The third kappa shape index (κ3) is 12.2. The highest BCUT2D eigenvalue weighted by atomic mass is 79.9. The maximum Gasteiger partial charge on any atom is 0.261 e. The highest BCUT2D eigenvalue weighted by molar-refractivity contribution is 9.10. The first-order valence-electron chi connectivity index (χ1n) is 8.57. The standard InChI is InChI=1S/C17H29BrO2Si.CH4O3S/c1-17(2,3)21(4,5)20-13-15(12-19)7-6-14-8-10-16(18)11-9-14;1-5(2,3)4/h8-11,15,19H,6-7,12-13H2,1-5H3;1H3,(H,2,3,4). The second-order valence-corrected chi connectivity index (χ2v) is 15.2. The molecular formula is C18H33BrO5SSi. The van der Waals surface area contributed by atoms with E-state index in [9.17, 15) is 13.5 Å². The molecule has 0 amide bonds. The first-order chi connectivity index (χ1) is 11.7. The van der Waals surface area contributed by atoms with E-state index in [1.165, 1.54) is 5.56 Å². The number of benzene rings is 1. The fourth-order valence-corrected chi connectivity index (χ4v) is 3.14. The molecule has 0 saturated carbocycles. The number of hydrogen-bond donors (Lipinski definition) is 2. The van der Waals surface area contributed by atoms with Gasteiger partial charge in [-0.05, 0) is 48.7 Å². The zero-order chi connectivity index (χ0) is 20.6. The Hall–Kier alpha value is -0.253. The molecule has 0 aliphatic carbocycles. The van der Waals surface area contributed by atoms with Gasteiger partial charge in [-0.1, -0.05) is 48.8 Å². The highest BCUT2D eigenvalue weighted by Gasteiger charge is 2.37. The zero-order valence-electron chi connectivity index (χ0n) is 16.6. The molecule has 1 aromatic carbocycles. The molecular weight excluding hydrogens is 436 g/mol. The summed E-state index contributed by atoms with van der Waals surface area (Å²) in [5.41, 5.74) is 1.31. The molecule has 0 spiro atoms. The number of halogens is 1. The van der Waals surface area contributed by atoms with E-state index in [0.717, 1.165) is 17.3 Å². The van der Waals surface area contributed by atoms with Gasteiger partial charge in [0, 0.05) is 23.6 Å². The van der Waals surface area contributed by atoms with Crippen LogP contribution in [0.15, 0.2) is 28.7 Å². The summed E-state index contributed by atoms with van der Waals surface area (Å²) in [6, 6.07) is 8.39. The van der Waals surface area contributed by atoms with Gasteiger partial charge >= 0.3 is 0 Å². The Bertz CT molecular complexity index is 616. The predicted octanol–water partition coefficient (Wildman–Crippen LogP) is 4.52. The van der Waals surface area contributed by atoms with Gasteiger partial charge in [0.15, 0.2) is 8.32 Å². The first-order valence-corrected chi connectivity index (χ1v) is 14.1. The van der Waals surface area contributed by atoms with Crippen LogP contribution in [0.5, 0.6) is 0 Å². The van der Waals surface area contributed by atoms with E-state index in [0.29, 0.717) is 12.9 Å². The van der Waals surface area contributed by atoms with E-state index < -0.39 is 18.4 Å². The topological polar surface area (TPSA) is 83.8 Å². The minimum Gasteiger partial charge on any atom is -0.416 e. The van der Waals surface area contributed by atoms with Gasteiger partial charge in [0.1, 0.15) is 0 Å². The van der Waals surface area contributed by atoms with E-state index in [1.54, 1.807) is 0 Å². The molecule has 152 valence electrons. The second-order valence-electron chi connectivity index (χ2n) is 8.02. The molecule has 5 nitrogen and oxygen atoms in total. The predicted molar refractivity (Wildman–Crippen MR) is 114 cm³/mol. The van der Waals surface area contributed by atoms with Gasteiger partial charge in [0.25, 0.3) is 10.1 Å². The van der Waals surface area contributed by atoms with Crippen LogP contribution >= 0.6 is 15.9 Å². The summed E-state index contributed by atoms with van der Waals surface area (Å²) < 4.78 is 33.2. The largest absolute Gasteiger partial charge is 0.416 e. The van der Waals surface area contributed by atoms with E-state index in [4.69, 9.17) is 8.98 Å². The lowest BCUT2D eigenvalue weighted by Crippen LogP contribution is -2.42. The van der Waals surface area contributed by atoms with E-state index >= 15 is 0 Å². The Labute approximate surface area is 168 Å². The van der Waals surface area contributed by atoms with Crippen LogP contribution in [-0.2, 0) is 21.0 Å². The summed E-state index contributed by atoms with van der Waals surface area (Å²) >= 11 is 3.45. The summed E-state index contributed by atoms with van der Waals surface area (Å²) in [7, 11) is -5.38. The molecule has 0 aliphatic heterocycles.